The third-order valence-corrected chi connectivity index (χ3v) is 6.11. The molecule has 0 radical (unpaired) electrons. The molecule has 0 spiro atoms. The van der Waals surface area contributed by atoms with E-state index in [0.717, 1.165) is 4.90 Å². The zero-order valence-electron chi connectivity index (χ0n) is 19.2. The van der Waals surface area contributed by atoms with Crippen molar-refractivity contribution in [3.63, 3.8) is 0 Å². The lowest BCUT2D eigenvalue weighted by molar-refractivity contribution is -0.120. The van der Waals surface area contributed by atoms with Gasteiger partial charge < -0.3 is 15.4 Å². The zero-order chi connectivity index (χ0) is 26.7. The summed E-state index contributed by atoms with van der Waals surface area (Å²) in [5.41, 5.74) is 1.48. The number of halogens is 3. The van der Waals surface area contributed by atoms with E-state index in [1.807, 2.05) is 0 Å². The first-order chi connectivity index (χ1) is 17.7. The Labute approximate surface area is 226 Å². The van der Waals surface area contributed by atoms with Crippen LogP contribution < -0.4 is 15.5 Å². The summed E-state index contributed by atoms with van der Waals surface area (Å²) in [5.74, 6) is -2.33. The van der Waals surface area contributed by atoms with Gasteiger partial charge in [0.2, 0.25) is 0 Å². The van der Waals surface area contributed by atoms with E-state index in [-0.39, 0.29) is 28.0 Å². The number of benzene rings is 3. The van der Waals surface area contributed by atoms with Gasteiger partial charge in [-0.3, -0.25) is 14.4 Å². The molecule has 11 heteroatoms. The number of amides is 3. The van der Waals surface area contributed by atoms with Crippen LogP contribution in [0.2, 0.25) is 10.0 Å². The lowest BCUT2D eigenvalue weighted by Gasteiger charge is -2.16. The highest BCUT2D eigenvalue weighted by Gasteiger charge is 2.39. The Morgan fingerprint density at radius 1 is 0.865 bits per heavy atom. The summed E-state index contributed by atoms with van der Waals surface area (Å²) in [4.78, 5) is 51.1. The molecule has 0 fully saturated rings. The van der Waals surface area contributed by atoms with Crippen molar-refractivity contribution >= 4 is 75.6 Å². The van der Waals surface area contributed by atoms with Gasteiger partial charge in [0.15, 0.2) is 0 Å². The van der Waals surface area contributed by atoms with Crippen molar-refractivity contribution in [2.45, 2.75) is 6.92 Å². The molecule has 2 N–H and O–H groups in total. The van der Waals surface area contributed by atoms with Crippen molar-refractivity contribution < 1.29 is 23.9 Å². The van der Waals surface area contributed by atoms with E-state index in [4.69, 9.17) is 39.5 Å². The molecule has 1 heterocycles. The molecule has 3 amide bonds. The summed E-state index contributed by atoms with van der Waals surface area (Å²) in [5, 5.41) is 5.70. The maximum atomic E-state index is 13.0. The van der Waals surface area contributed by atoms with Crippen LogP contribution in [-0.2, 0) is 14.3 Å². The number of hydrogen-bond acceptors (Lipinski definition) is 6. The number of imide groups is 1. The standard InChI is InChI=1S/C26H18Cl3N3O5/c1-2-37-26(36)15-4-3-5-18(12-15)31-23(33)14-6-9-17(10-7-14)30-22-21(29)24(34)32(25(22)35)20-11-8-16(27)13-19(20)28/h3-13,30H,2H2,1H3,(H,31,33). The quantitative estimate of drug-likeness (QED) is 0.278. The van der Waals surface area contributed by atoms with Crippen molar-refractivity contribution in [3.05, 3.63) is 98.6 Å². The van der Waals surface area contributed by atoms with E-state index >= 15 is 0 Å². The molecule has 4 rings (SSSR count). The van der Waals surface area contributed by atoms with E-state index in [1.165, 1.54) is 36.4 Å². The maximum Gasteiger partial charge on any atom is 0.338 e. The van der Waals surface area contributed by atoms with Crippen LogP contribution in [0.5, 0.6) is 0 Å². The van der Waals surface area contributed by atoms with Gasteiger partial charge in [0.25, 0.3) is 17.7 Å². The Morgan fingerprint density at radius 3 is 2.27 bits per heavy atom. The van der Waals surface area contributed by atoms with Gasteiger partial charge in [-0.2, -0.15) is 0 Å². The second kappa shape index (κ2) is 11.0. The van der Waals surface area contributed by atoms with Crippen LogP contribution >= 0.6 is 34.8 Å². The van der Waals surface area contributed by atoms with Gasteiger partial charge in [-0.15, -0.1) is 0 Å². The predicted molar refractivity (Wildman–Crippen MR) is 142 cm³/mol. The highest BCUT2D eigenvalue weighted by molar-refractivity contribution is 6.54. The molecular formula is C26H18Cl3N3O5. The van der Waals surface area contributed by atoms with Crippen molar-refractivity contribution in [3.8, 4) is 0 Å². The topological polar surface area (TPSA) is 105 Å². The number of rotatable bonds is 7. The molecule has 0 saturated heterocycles. The number of ether oxygens (including phenoxy) is 1. The Kier molecular flexibility index (Phi) is 7.83. The van der Waals surface area contributed by atoms with Crippen molar-refractivity contribution in [2.24, 2.45) is 0 Å². The maximum absolute atomic E-state index is 13.0. The fourth-order valence-electron chi connectivity index (χ4n) is 3.48. The molecule has 0 unspecified atom stereocenters. The fraction of sp³-hybridized carbons (Fsp3) is 0.0769. The minimum Gasteiger partial charge on any atom is -0.462 e. The van der Waals surface area contributed by atoms with Crippen molar-refractivity contribution in [2.75, 3.05) is 22.1 Å². The van der Waals surface area contributed by atoms with Crippen LogP contribution in [0.1, 0.15) is 27.6 Å². The summed E-state index contributed by atoms with van der Waals surface area (Å²) >= 11 is 18.2. The van der Waals surface area contributed by atoms with Gasteiger partial charge in [0, 0.05) is 22.0 Å². The zero-order valence-corrected chi connectivity index (χ0v) is 21.4. The number of hydrogen-bond donors (Lipinski definition) is 2. The minimum absolute atomic E-state index is 0.114. The van der Waals surface area contributed by atoms with Crippen molar-refractivity contribution in [1.29, 1.82) is 0 Å². The van der Waals surface area contributed by atoms with E-state index in [1.54, 1.807) is 37.3 Å². The summed E-state index contributed by atoms with van der Waals surface area (Å²) in [6.07, 6.45) is 0. The summed E-state index contributed by atoms with van der Waals surface area (Å²) in [7, 11) is 0. The second-order valence-corrected chi connectivity index (χ2v) is 8.91. The van der Waals surface area contributed by atoms with E-state index < -0.39 is 23.7 Å². The van der Waals surface area contributed by atoms with Crippen molar-refractivity contribution in [1.82, 2.24) is 0 Å². The molecule has 0 aromatic heterocycles. The predicted octanol–water partition coefficient (Wildman–Crippen LogP) is 5.86. The Balaban J connectivity index is 1.46. The first-order valence-corrected chi connectivity index (χ1v) is 12.0. The third-order valence-electron chi connectivity index (χ3n) is 5.23. The highest BCUT2D eigenvalue weighted by Crippen LogP contribution is 2.35. The van der Waals surface area contributed by atoms with Gasteiger partial charge >= 0.3 is 5.97 Å². The minimum atomic E-state index is -0.737. The van der Waals surface area contributed by atoms with Crippen LogP contribution in [0.15, 0.2) is 77.5 Å². The van der Waals surface area contributed by atoms with Gasteiger partial charge in [-0.05, 0) is 67.6 Å². The van der Waals surface area contributed by atoms with E-state index in [2.05, 4.69) is 10.6 Å². The number of carbonyl (C=O) groups is 4. The van der Waals surface area contributed by atoms with E-state index in [9.17, 15) is 19.2 Å². The number of esters is 1. The first-order valence-electron chi connectivity index (χ1n) is 10.9. The molecular weight excluding hydrogens is 541 g/mol. The average molecular weight is 559 g/mol. The summed E-state index contributed by atoms with van der Waals surface area (Å²) in [6.45, 7) is 1.95. The molecule has 1 aliphatic rings. The van der Waals surface area contributed by atoms with Crippen LogP contribution in [0.25, 0.3) is 0 Å². The van der Waals surface area contributed by atoms with Crippen LogP contribution in [0.4, 0.5) is 17.1 Å². The normalized spacial score (nSPS) is 13.1. The van der Waals surface area contributed by atoms with Crippen LogP contribution in [0.3, 0.4) is 0 Å². The number of nitrogens with zero attached hydrogens (tertiary/aromatic N) is 1. The molecule has 8 nitrogen and oxygen atoms in total. The van der Waals surface area contributed by atoms with Gasteiger partial charge in [0.1, 0.15) is 10.7 Å². The van der Waals surface area contributed by atoms with E-state index in [0.29, 0.717) is 27.5 Å². The summed E-state index contributed by atoms with van der Waals surface area (Å²) < 4.78 is 4.97. The molecule has 37 heavy (non-hydrogen) atoms. The Morgan fingerprint density at radius 2 is 1.59 bits per heavy atom. The van der Waals surface area contributed by atoms with Gasteiger partial charge in [0.05, 0.1) is 22.9 Å². The fourth-order valence-corrected chi connectivity index (χ4v) is 4.19. The molecule has 0 bridgehead atoms. The molecule has 0 aliphatic carbocycles. The monoisotopic (exact) mass is 557 g/mol. The lowest BCUT2D eigenvalue weighted by atomic mass is 10.1. The number of nitrogens with one attached hydrogen (secondary N) is 2. The number of carbonyl (C=O) groups excluding carboxylic acids is 4. The molecule has 3 aromatic carbocycles. The average Bonchev–Trinajstić information content (AvgIpc) is 3.08. The third kappa shape index (κ3) is 5.61. The molecule has 0 saturated carbocycles. The molecule has 0 atom stereocenters. The smallest absolute Gasteiger partial charge is 0.338 e. The highest BCUT2D eigenvalue weighted by atomic mass is 35.5. The summed E-state index contributed by atoms with van der Waals surface area (Å²) in [6, 6.07) is 16.9. The van der Waals surface area contributed by atoms with Crippen LogP contribution in [0, 0.1) is 0 Å². The first kappa shape index (κ1) is 26.2. The number of anilines is 3. The van der Waals surface area contributed by atoms with Gasteiger partial charge in [-0.25, -0.2) is 9.69 Å². The molecule has 3 aromatic rings. The lowest BCUT2D eigenvalue weighted by Crippen LogP contribution is -2.32. The Hall–Kier alpha value is -3.85. The molecule has 188 valence electrons. The molecule has 1 aliphatic heterocycles. The second-order valence-electron chi connectivity index (χ2n) is 7.69. The SMILES string of the molecule is CCOC(=O)c1cccc(NC(=O)c2ccc(NC3=C(Cl)C(=O)N(c4ccc(Cl)cc4Cl)C3=O)cc2)c1. The van der Waals surface area contributed by atoms with Crippen LogP contribution in [-0.4, -0.2) is 30.3 Å². The van der Waals surface area contributed by atoms with Gasteiger partial charge in [-0.1, -0.05) is 40.9 Å². The Bertz CT molecular complexity index is 1450. The largest absolute Gasteiger partial charge is 0.462 e.